The van der Waals surface area contributed by atoms with Crippen LogP contribution in [0.1, 0.15) is 60.9 Å². The van der Waals surface area contributed by atoms with Gasteiger partial charge < -0.3 is 9.64 Å². The van der Waals surface area contributed by atoms with Crippen LogP contribution in [0.25, 0.3) is 18.2 Å². The van der Waals surface area contributed by atoms with Crippen LogP contribution in [0.5, 0.6) is 0 Å². The molecule has 0 saturated heterocycles. The lowest BCUT2D eigenvalue weighted by molar-refractivity contribution is 0.0954. The summed E-state index contributed by atoms with van der Waals surface area (Å²) in [6, 6.07) is 16.7. The molecule has 37 heavy (non-hydrogen) atoms. The van der Waals surface area contributed by atoms with Crippen molar-refractivity contribution < 1.29 is 4.74 Å². The molecule has 5 nitrogen and oxygen atoms in total. The van der Waals surface area contributed by atoms with Crippen molar-refractivity contribution in [2.75, 3.05) is 18.0 Å². The van der Waals surface area contributed by atoms with Crippen LogP contribution >= 0.6 is 11.3 Å². The zero-order chi connectivity index (χ0) is 26.4. The number of hydrogen-bond donors (Lipinski definition) is 0. The monoisotopic (exact) mass is 506 g/mol. The summed E-state index contributed by atoms with van der Waals surface area (Å²) in [4.78, 5) is 4.70. The van der Waals surface area contributed by atoms with Gasteiger partial charge >= 0.3 is 0 Å². The summed E-state index contributed by atoms with van der Waals surface area (Å²) in [6.07, 6.45) is 12.9. The second-order valence-corrected chi connectivity index (χ2v) is 10.8. The van der Waals surface area contributed by atoms with Gasteiger partial charge in [-0.05, 0) is 80.7 Å². The Morgan fingerprint density at radius 2 is 1.78 bits per heavy atom. The zero-order valence-corrected chi connectivity index (χ0v) is 22.4. The number of unbranched alkanes of at least 4 members (excludes halogenated alkanes) is 1. The Morgan fingerprint density at radius 3 is 2.46 bits per heavy atom. The first-order chi connectivity index (χ1) is 17.9. The molecular weight excluding hydrogens is 476 g/mol. The molecule has 0 aliphatic carbocycles. The fraction of sp³-hybridized carbons (Fsp3) is 0.323. The van der Waals surface area contributed by atoms with Crippen LogP contribution in [0.3, 0.4) is 0 Å². The highest BCUT2D eigenvalue weighted by atomic mass is 32.1. The fourth-order valence-electron chi connectivity index (χ4n) is 4.75. The lowest BCUT2D eigenvalue weighted by atomic mass is 9.94. The van der Waals surface area contributed by atoms with E-state index in [-0.39, 0.29) is 16.9 Å². The zero-order valence-electron chi connectivity index (χ0n) is 21.5. The molecule has 0 N–H and O–H groups in total. The van der Waals surface area contributed by atoms with Crippen molar-refractivity contribution in [1.82, 2.24) is 0 Å². The molecule has 3 heterocycles. The third kappa shape index (κ3) is 5.69. The summed E-state index contributed by atoms with van der Waals surface area (Å²) >= 11 is 1.65. The maximum atomic E-state index is 9.70. The highest BCUT2D eigenvalue weighted by Crippen LogP contribution is 2.40. The number of ether oxygens (including phenoxy) is 1. The number of aryl methyl sites for hydroxylation is 1. The molecule has 1 aromatic carbocycles. The van der Waals surface area contributed by atoms with Gasteiger partial charge in [0.2, 0.25) is 0 Å². The predicted octanol–water partition coefficient (Wildman–Crippen LogP) is 7.41. The van der Waals surface area contributed by atoms with E-state index in [1.54, 1.807) is 11.3 Å². The summed E-state index contributed by atoms with van der Waals surface area (Å²) in [7, 11) is 0. The van der Waals surface area contributed by atoms with Gasteiger partial charge in [0.15, 0.2) is 11.3 Å². The molecule has 4 rings (SSSR count). The normalized spacial score (nSPS) is 16.4. The standard InChI is InChI=1S/C31H30N4OS/c1-4-5-16-35-17-6-7-23-18-22(9-15-29(23)35)8-10-25-11-12-26(37-25)13-14-28-27(21-34)30(24(19-32)20-33)36-31(28,2)3/h8-15,18H,4-7,16-17H2,1-3H3/b10-8+,14-13+. The molecule has 2 aliphatic heterocycles. The van der Waals surface area contributed by atoms with Crippen molar-refractivity contribution in [2.24, 2.45) is 0 Å². The van der Waals surface area contributed by atoms with Crippen LogP contribution in [0, 0.1) is 34.0 Å². The van der Waals surface area contributed by atoms with E-state index in [0.717, 1.165) is 29.3 Å². The molecule has 0 fully saturated rings. The van der Waals surface area contributed by atoms with Crippen molar-refractivity contribution in [3.05, 3.63) is 79.8 Å². The summed E-state index contributed by atoms with van der Waals surface area (Å²) in [5, 5.41) is 28.2. The van der Waals surface area contributed by atoms with E-state index < -0.39 is 5.60 Å². The third-order valence-electron chi connectivity index (χ3n) is 6.67. The van der Waals surface area contributed by atoms with Crippen molar-refractivity contribution in [2.45, 2.75) is 52.1 Å². The number of anilines is 1. The van der Waals surface area contributed by atoms with Crippen LogP contribution in [0.2, 0.25) is 0 Å². The molecule has 186 valence electrons. The fourth-order valence-corrected chi connectivity index (χ4v) is 5.57. The Hall–Kier alpha value is -4.05. The van der Waals surface area contributed by atoms with Crippen LogP contribution in [-0.4, -0.2) is 18.7 Å². The Bertz CT molecular complexity index is 1420. The molecule has 0 atom stereocenters. The number of benzene rings is 1. The Labute approximate surface area is 223 Å². The summed E-state index contributed by atoms with van der Waals surface area (Å²) < 4.78 is 5.83. The Morgan fingerprint density at radius 1 is 1.05 bits per heavy atom. The molecule has 0 amide bonds. The first-order valence-electron chi connectivity index (χ1n) is 12.6. The minimum atomic E-state index is -0.811. The highest BCUT2D eigenvalue weighted by Gasteiger charge is 2.38. The van der Waals surface area contributed by atoms with Crippen LogP contribution < -0.4 is 4.90 Å². The van der Waals surface area contributed by atoms with E-state index in [0.29, 0.717) is 5.57 Å². The highest BCUT2D eigenvalue weighted by molar-refractivity contribution is 7.13. The molecule has 0 bridgehead atoms. The smallest absolute Gasteiger partial charge is 0.172 e. The Balaban J connectivity index is 1.51. The molecule has 2 aliphatic rings. The van der Waals surface area contributed by atoms with Crippen molar-refractivity contribution >= 4 is 35.3 Å². The van der Waals surface area contributed by atoms with Crippen LogP contribution in [0.4, 0.5) is 5.69 Å². The summed E-state index contributed by atoms with van der Waals surface area (Å²) in [6.45, 7) is 8.18. The van der Waals surface area contributed by atoms with Crippen molar-refractivity contribution in [1.29, 1.82) is 15.8 Å². The van der Waals surface area contributed by atoms with E-state index in [1.165, 1.54) is 36.1 Å². The number of allylic oxidation sites excluding steroid dienone is 2. The largest absolute Gasteiger partial charge is 0.480 e. The minimum Gasteiger partial charge on any atom is -0.480 e. The number of nitriles is 3. The number of rotatable bonds is 7. The molecule has 0 saturated carbocycles. The van der Waals surface area contributed by atoms with Gasteiger partial charge in [-0.2, -0.15) is 15.8 Å². The Kier molecular flexibility index (Phi) is 7.98. The van der Waals surface area contributed by atoms with Crippen LogP contribution in [0.15, 0.2) is 58.9 Å². The van der Waals surface area contributed by atoms with Gasteiger partial charge in [0.1, 0.15) is 29.4 Å². The number of hydrogen-bond acceptors (Lipinski definition) is 6. The lowest BCUT2D eigenvalue weighted by Crippen LogP contribution is -2.30. The topological polar surface area (TPSA) is 83.8 Å². The predicted molar refractivity (Wildman–Crippen MR) is 150 cm³/mol. The van der Waals surface area contributed by atoms with Gasteiger partial charge in [-0.3, -0.25) is 0 Å². The van der Waals surface area contributed by atoms with Gasteiger partial charge in [0.05, 0.1) is 0 Å². The van der Waals surface area contributed by atoms with E-state index in [4.69, 9.17) is 4.74 Å². The van der Waals surface area contributed by atoms with Gasteiger partial charge in [-0.25, -0.2) is 0 Å². The molecule has 0 radical (unpaired) electrons. The first-order valence-corrected chi connectivity index (χ1v) is 13.4. The third-order valence-corrected chi connectivity index (χ3v) is 7.68. The SMILES string of the molecule is CCCCN1CCCc2cc(/C=C/c3ccc(/C=C/C4=C(C#N)C(=C(C#N)C#N)OC4(C)C)s3)ccc21. The van der Waals surface area contributed by atoms with Gasteiger partial charge in [0, 0.05) is 34.1 Å². The van der Waals surface area contributed by atoms with E-state index in [1.807, 2.05) is 44.2 Å². The molecule has 1 aromatic heterocycles. The molecule has 0 spiro atoms. The van der Waals surface area contributed by atoms with E-state index in [2.05, 4.69) is 54.3 Å². The second kappa shape index (κ2) is 11.3. The molecule has 2 aromatic rings. The molecule has 6 heteroatoms. The number of nitrogens with zero attached hydrogens (tertiary/aromatic N) is 4. The summed E-state index contributed by atoms with van der Waals surface area (Å²) in [5.74, 6) is 0.0606. The van der Waals surface area contributed by atoms with Gasteiger partial charge in [-0.1, -0.05) is 31.6 Å². The maximum Gasteiger partial charge on any atom is 0.172 e. The van der Waals surface area contributed by atoms with Gasteiger partial charge in [-0.15, -0.1) is 11.3 Å². The maximum absolute atomic E-state index is 9.70. The van der Waals surface area contributed by atoms with E-state index in [9.17, 15) is 15.8 Å². The average molecular weight is 507 g/mol. The molecular formula is C31H30N4OS. The van der Waals surface area contributed by atoms with Crippen molar-refractivity contribution in [3.8, 4) is 18.2 Å². The summed E-state index contributed by atoms with van der Waals surface area (Å²) in [5.41, 5.74) is 3.92. The van der Waals surface area contributed by atoms with Crippen molar-refractivity contribution in [3.63, 3.8) is 0 Å². The first kappa shape index (κ1) is 26.0. The number of fused-ring (bicyclic) bond motifs is 1. The lowest BCUT2D eigenvalue weighted by Gasteiger charge is -2.31. The average Bonchev–Trinajstić information content (AvgIpc) is 3.46. The number of thiophene rings is 1. The quantitative estimate of drug-likeness (QED) is 0.365. The van der Waals surface area contributed by atoms with Crippen LogP contribution in [-0.2, 0) is 11.2 Å². The van der Waals surface area contributed by atoms with Gasteiger partial charge in [0.25, 0.3) is 0 Å². The second-order valence-electron chi connectivity index (χ2n) is 9.68. The van der Waals surface area contributed by atoms with E-state index >= 15 is 0 Å². The molecule has 0 unspecified atom stereocenters. The minimum absolute atomic E-state index is 0.0606.